The van der Waals surface area contributed by atoms with Crippen molar-refractivity contribution in [1.82, 2.24) is 5.32 Å². The SMILES string of the molecule is CCCNC1(C#N)CCCC(OCCC(C)C)C1. The van der Waals surface area contributed by atoms with Crippen LogP contribution in [-0.4, -0.2) is 24.8 Å². The van der Waals surface area contributed by atoms with Crippen molar-refractivity contribution in [3.05, 3.63) is 0 Å². The first-order valence-corrected chi connectivity index (χ1v) is 7.40. The summed E-state index contributed by atoms with van der Waals surface area (Å²) in [4.78, 5) is 0. The molecule has 1 fully saturated rings. The molecule has 0 aromatic rings. The summed E-state index contributed by atoms with van der Waals surface area (Å²) < 4.78 is 5.94. The summed E-state index contributed by atoms with van der Waals surface area (Å²) in [5, 5.41) is 12.9. The third-order valence-electron chi connectivity index (χ3n) is 3.68. The second kappa shape index (κ2) is 7.76. The molecular formula is C15H28N2O. The van der Waals surface area contributed by atoms with Crippen molar-refractivity contribution in [2.45, 2.75) is 70.9 Å². The lowest BCUT2D eigenvalue weighted by Gasteiger charge is -2.36. The van der Waals surface area contributed by atoms with Crippen LogP contribution in [0.15, 0.2) is 0 Å². The molecule has 2 atom stereocenters. The average Bonchev–Trinajstić information content (AvgIpc) is 2.36. The summed E-state index contributed by atoms with van der Waals surface area (Å²) in [5.74, 6) is 0.688. The minimum absolute atomic E-state index is 0.265. The van der Waals surface area contributed by atoms with Crippen LogP contribution >= 0.6 is 0 Å². The van der Waals surface area contributed by atoms with Crippen molar-refractivity contribution in [3.8, 4) is 6.07 Å². The van der Waals surface area contributed by atoms with Crippen molar-refractivity contribution in [2.24, 2.45) is 5.92 Å². The Labute approximate surface area is 112 Å². The van der Waals surface area contributed by atoms with Gasteiger partial charge in [0.05, 0.1) is 12.2 Å². The van der Waals surface area contributed by atoms with E-state index in [1.165, 1.54) is 0 Å². The first-order chi connectivity index (χ1) is 8.62. The van der Waals surface area contributed by atoms with Crippen molar-refractivity contribution in [3.63, 3.8) is 0 Å². The third kappa shape index (κ3) is 4.96. The van der Waals surface area contributed by atoms with Gasteiger partial charge in [-0.2, -0.15) is 5.26 Å². The van der Waals surface area contributed by atoms with Gasteiger partial charge in [0.2, 0.25) is 0 Å². The number of hydrogen-bond acceptors (Lipinski definition) is 3. The molecule has 1 rings (SSSR count). The quantitative estimate of drug-likeness (QED) is 0.756. The van der Waals surface area contributed by atoms with Gasteiger partial charge in [-0.25, -0.2) is 0 Å². The first kappa shape index (κ1) is 15.5. The minimum atomic E-state index is -0.337. The molecule has 3 nitrogen and oxygen atoms in total. The summed E-state index contributed by atoms with van der Waals surface area (Å²) in [6, 6.07) is 2.49. The topological polar surface area (TPSA) is 45.0 Å². The maximum Gasteiger partial charge on any atom is 0.109 e. The van der Waals surface area contributed by atoms with E-state index in [0.29, 0.717) is 5.92 Å². The number of nitriles is 1. The zero-order valence-electron chi connectivity index (χ0n) is 12.2. The number of ether oxygens (including phenoxy) is 1. The van der Waals surface area contributed by atoms with Crippen LogP contribution in [0.5, 0.6) is 0 Å². The van der Waals surface area contributed by atoms with E-state index in [-0.39, 0.29) is 11.6 Å². The molecule has 0 aliphatic heterocycles. The van der Waals surface area contributed by atoms with Crippen LogP contribution in [0.2, 0.25) is 0 Å². The van der Waals surface area contributed by atoms with E-state index in [1.807, 2.05) is 0 Å². The molecule has 2 unspecified atom stereocenters. The van der Waals surface area contributed by atoms with E-state index in [4.69, 9.17) is 4.74 Å². The Balaban J connectivity index is 2.41. The van der Waals surface area contributed by atoms with E-state index in [0.717, 1.165) is 51.7 Å². The number of rotatable bonds is 7. The van der Waals surface area contributed by atoms with Gasteiger partial charge in [0.15, 0.2) is 0 Å². The van der Waals surface area contributed by atoms with Crippen LogP contribution in [0, 0.1) is 17.2 Å². The molecule has 0 aromatic carbocycles. The number of nitrogens with zero attached hydrogens (tertiary/aromatic N) is 1. The van der Waals surface area contributed by atoms with Gasteiger partial charge in [-0.3, -0.25) is 5.32 Å². The maximum atomic E-state index is 9.43. The van der Waals surface area contributed by atoms with Crippen molar-refractivity contribution < 1.29 is 4.74 Å². The molecule has 0 aromatic heterocycles. The van der Waals surface area contributed by atoms with Gasteiger partial charge in [-0.15, -0.1) is 0 Å². The molecule has 0 bridgehead atoms. The summed E-state index contributed by atoms with van der Waals surface area (Å²) >= 11 is 0. The Morgan fingerprint density at radius 1 is 1.50 bits per heavy atom. The lowest BCUT2D eigenvalue weighted by atomic mass is 9.81. The number of hydrogen-bond donors (Lipinski definition) is 1. The highest BCUT2D eigenvalue weighted by Crippen LogP contribution is 2.30. The summed E-state index contributed by atoms with van der Waals surface area (Å²) in [6.07, 6.45) is 6.46. The fourth-order valence-corrected chi connectivity index (χ4v) is 2.50. The molecule has 0 amide bonds. The predicted octanol–water partition coefficient (Wildman–Crippen LogP) is 3.25. The lowest BCUT2D eigenvalue weighted by Crippen LogP contribution is -2.49. The highest BCUT2D eigenvalue weighted by molar-refractivity contribution is 5.10. The molecule has 0 heterocycles. The van der Waals surface area contributed by atoms with E-state index in [1.54, 1.807) is 0 Å². The van der Waals surface area contributed by atoms with Crippen LogP contribution in [-0.2, 0) is 4.74 Å². The zero-order chi connectivity index (χ0) is 13.4. The van der Waals surface area contributed by atoms with Crippen LogP contribution in [0.4, 0.5) is 0 Å². The van der Waals surface area contributed by atoms with Crippen LogP contribution in [0.25, 0.3) is 0 Å². The van der Waals surface area contributed by atoms with Gasteiger partial charge in [-0.1, -0.05) is 20.8 Å². The number of nitrogens with one attached hydrogen (secondary N) is 1. The molecule has 1 saturated carbocycles. The van der Waals surface area contributed by atoms with E-state index in [2.05, 4.69) is 32.2 Å². The van der Waals surface area contributed by atoms with Crippen molar-refractivity contribution >= 4 is 0 Å². The van der Waals surface area contributed by atoms with E-state index >= 15 is 0 Å². The molecule has 0 spiro atoms. The van der Waals surface area contributed by atoms with Crippen LogP contribution in [0.3, 0.4) is 0 Å². The van der Waals surface area contributed by atoms with Gasteiger partial charge in [0, 0.05) is 13.0 Å². The lowest BCUT2D eigenvalue weighted by molar-refractivity contribution is 0.00462. The van der Waals surface area contributed by atoms with Gasteiger partial charge in [0.25, 0.3) is 0 Å². The van der Waals surface area contributed by atoms with Crippen molar-refractivity contribution in [2.75, 3.05) is 13.2 Å². The Morgan fingerprint density at radius 2 is 2.28 bits per heavy atom. The zero-order valence-corrected chi connectivity index (χ0v) is 12.2. The Kier molecular flexibility index (Phi) is 6.67. The Bertz CT molecular complexity index is 272. The van der Waals surface area contributed by atoms with E-state index in [9.17, 15) is 5.26 Å². The smallest absolute Gasteiger partial charge is 0.109 e. The third-order valence-corrected chi connectivity index (χ3v) is 3.68. The molecular weight excluding hydrogens is 224 g/mol. The monoisotopic (exact) mass is 252 g/mol. The van der Waals surface area contributed by atoms with Gasteiger partial charge in [0.1, 0.15) is 5.54 Å². The normalized spacial score (nSPS) is 28.3. The molecule has 0 radical (unpaired) electrons. The standard InChI is InChI=1S/C15H28N2O/c1-4-9-17-15(12-16)8-5-6-14(11-15)18-10-7-13(2)3/h13-14,17H,4-11H2,1-3H3. The summed E-state index contributed by atoms with van der Waals surface area (Å²) in [6.45, 7) is 8.32. The average molecular weight is 252 g/mol. The summed E-state index contributed by atoms with van der Waals surface area (Å²) in [5.41, 5.74) is -0.337. The van der Waals surface area contributed by atoms with Gasteiger partial charge < -0.3 is 4.74 Å². The highest BCUT2D eigenvalue weighted by atomic mass is 16.5. The molecule has 104 valence electrons. The summed E-state index contributed by atoms with van der Waals surface area (Å²) in [7, 11) is 0. The second-order valence-electron chi connectivity index (χ2n) is 5.89. The van der Waals surface area contributed by atoms with Crippen LogP contribution < -0.4 is 5.32 Å². The van der Waals surface area contributed by atoms with Crippen molar-refractivity contribution in [1.29, 1.82) is 5.26 Å². The molecule has 1 aliphatic rings. The first-order valence-electron chi connectivity index (χ1n) is 7.40. The highest BCUT2D eigenvalue weighted by Gasteiger charge is 2.36. The minimum Gasteiger partial charge on any atom is -0.378 e. The predicted molar refractivity (Wildman–Crippen MR) is 74.3 cm³/mol. The Hall–Kier alpha value is -0.590. The van der Waals surface area contributed by atoms with Crippen LogP contribution in [0.1, 0.15) is 59.3 Å². The maximum absolute atomic E-state index is 9.43. The Morgan fingerprint density at radius 3 is 2.89 bits per heavy atom. The molecule has 3 heteroatoms. The molecule has 1 aliphatic carbocycles. The largest absolute Gasteiger partial charge is 0.378 e. The van der Waals surface area contributed by atoms with E-state index < -0.39 is 0 Å². The molecule has 1 N–H and O–H groups in total. The fraction of sp³-hybridized carbons (Fsp3) is 0.933. The molecule has 18 heavy (non-hydrogen) atoms. The van der Waals surface area contributed by atoms with Gasteiger partial charge >= 0.3 is 0 Å². The fourth-order valence-electron chi connectivity index (χ4n) is 2.50. The molecule has 0 saturated heterocycles. The van der Waals surface area contributed by atoms with Gasteiger partial charge in [-0.05, 0) is 44.6 Å². The second-order valence-corrected chi connectivity index (χ2v) is 5.89.